The maximum atomic E-state index is 11.4. The number of benzene rings is 1. The third-order valence-electron chi connectivity index (χ3n) is 2.12. The second-order valence-electron chi connectivity index (χ2n) is 4.02. The Morgan fingerprint density at radius 3 is 2.12 bits per heavy atom. The van der Waals surface area contributed by atoms with E-state index in [1.54, 1.807) is 24.3 Å². The van der Waals surface area contributed by atoms with Crippen LogP contribution in [0.25, 0.3) is 0 Å². The molecule has 0 amide bonds. The first-order chi connectivity index (χ1) is 7.91. The van der Waals surface area contributed by atoms with Gasteiger partial charge in [-0.15, -0.1) is 11.6 Å². The SMILES string of the molecule is CC(=O)C(=O)C(Cl)c1ccc(OC(C)C)cc1. The van der Waals surface area contributed by atoms with E-state index in [-0.39, 0.29) is 6.10 Å². The average Bonchev–Trinajstić information content (AvgIpc) is 2.27. The number of carbonyl (C=O) groups is 2. The van der Waals surface area contributed by atoms with E-state index < -0.39 is 16.9 Å². The monoisotopic (exact) mass is 254 g/mol. The number of alkyl halides is 1. The highest BCUT2D eigenvalue weighted by Crippen LogP contribution is 2.24. The van der Waals surface area contributed by atoms with Crippen LogP contribution >= 0.6 is 11.6 Å². The minimum absolute atomic E-state index is 0.0894. The summed E-state index contributed by atoms with van der Waals surface area (Å²) < 4.78 is 5.46. The van der Waals surface area contributed by atoms with Crippen LogP contribution in [0, 0.1) is 0 Å². The van der Waals surface area contributed by atoms with Crippen LogP contribution < -0.4 is 4.74 Å². The average molecular weight is 255 g/mol. The Kier molecular flexibility index (Phi) is 4.70. The Labute approximate surface area is 106 Å². The number of carbonyl (C=O) groups excluding carboxylic acids is 2. The molecule has 92 valence electrons. The standard InChI is InChI=1S/C13H15ClO3/c1-8(2)17-11-6-4-10(5-7-11)12(14)13(16)9(3)15/h4-8,12H,1-3H3. The van der Waals surface area contributed by atoms with Crippen LogP contribution in [0.1, 0.15) is 31.7 Å². The third kappa shape index (κ3) is 3.86. The molecule has 0 aromatic heterocycles. The van der Waals surface area contributed by atoms with E-state index in [1.807, 2.05) is 13.8 Å². The number of rotatable bonds is 5. The smallest absolute Gasteiger partial charge is 0.220 e. The Balaban J connectivity index is 2.80. The van der Waals surface area contributed by atoms with Crippen molar-refractivity contribution in [2.24, 2.45) is 0 Å². The summed E-state index contributed by atoms with van der Waals surface area (Å²) in [5.41, 5.74) is 0.600. The van der Waals surface area contributed by atoms with E-state index >= 15 is 0 Å². The van der Waals surface area contributed by atoms with E-state index in [4.69, 9.17) is 16.3 Å². The van der Waals surface area contributed by atoms with E-state index in [2.05, 4.69) is 0 Å². The quantitative estimate of drug-likeness (QED) is 0.599. The minimum atomic E-state index is -0.916. The zero-order chi connectivity index (χ0) is 13.0. The number of halogens is 1. The number of hydrogen-bond acceptors (Lipinski definition) is 3. The molecule has 1 rings (SSSR count). The predicted molar refractivity (Wildman–Crippen MR) is 66.5 cm³/mol. The molecule has 1 aromatic carbocycles. The van der Waals surface area contributed by atoms with Gasteiger partial charge in [-0.1, -0.05) is 12.1 Å². The molecule has 4 heteroatoms. The lowest BCUT2D eigenvalue weighted by molar-refractivity contribution is -0.135. The van der Waals surface area contributed by atoms with Crippen molar-refractivity contribution >= 4 is 23.2 Å². The topological polar surface area (TPSA) is 43.4 Å². The first kappa shape index (κ1) is 13.7. The lowest BCUT2D eigenvalue weighted by Gasteiger charge is -2.11. The molecule has 0 saturated carbocycles. The van der Waals surface area contributed by atoms with Crippen LogP contribution in [0.5, 0.6) is 5.75 Å². The molecular formula is C13H15ClO3. The first-order valence-corrected chi connectivity index (χ1v) is 5.81. The number of Topliss-reactive ketones (excluding diaryl/α,β-unsaturated/α-hetero) is 2. The predicted octanol–water partition coefficient (Wildman–Crippen LogP) is 2.91. The van der Waals surface area contributed by atoms with Crippen molar-refractivity contribution in [3.63, 3.8) is 0 Å². The van der Waals surface area contributed by atoms with Crippen LogP contribution in [0.3, 0.4) is 0 Å². The summed E-state index contributed by atoms with van der Waals surface area (Å²) in [4.78, 5) is 22.3. The summed E-state index contributed by atoms with van der Waals surface area (Å²) >= 11 is 5.90. The van der Waals surface area contributed by atoms with Crippen molar-refractivity contribution in [2.45, 2.75) is 32.3 Å². The van der Waals surface area contributed by atoms with E-state index in [0.29, 0.717) is 11.3 Å². The van der Waals surface area contributed by atoms with Crippen LogP contribution in [0.2, 0.25) is 0 Å². The molecule has 0 fully saturated rings. The summed E-state index contributed by atoms with van der Waals surface area (Å²) in [5.74, 6) is -0.417. The van der Waals surface area contributed by atoms with Gasteiger partial charge in [0.2, 0.25) is 5.78 Å². The van der Waals surface area contributed by atoms with Crippen LogP contribution in [0.15, 0.2) is 24.3 Å². The molecule has 3 nitrogen and oxygen atoms in total. The van der Waals surface area contributed by atoms with Crippen LogP contribution in [-0.2, 0) is 9.59 Å². The molecule has 0 aliphatic carbocycles. The van der Waals surface area contributed by atoms with Gasteiger partial charge in [0.15, 0.2) is 5.78 Å². The van der Waals surface area contributed by atoms with E-state index in [0.717, 1.165) is 0 Å². The molecule has 0 heterocycles. The van der Waals surface area contributed by atoms with E-state index in [9.17, 15) is 9.59 Å². The summed E-state index contributed by atoms with van der Waals surface area (Å²) in [6.07, 6.45) is 0.0894. The Morgan fingerprint density at radius 2 is 1.71 bits per heavy atom. The van der Waals surface area contributed by atoms with Crippen LogP contribution in [-0.4, -0.2) is 17.7 Å². The molecule has 0 aliphatic heterocycles. The fourth-order valence-corrected chi connectivity index (χ4v) is 1.62. The van der Waals surface area contributed by atoms with Crippen molar-refractivity contribution in [1.29, 1.82) is 0 Å². The summed E-state index contributed by atoms with van der Waals surface area (Å²) in [6.45, 7) is 5.07. The van der Waals surface area contributed by atoms with Gasteiger partial charge < -0.3 is 4.74 Å². The Hall–Kier alpha value is -1.35. The Morgan fingerprint density at radius 1 is 1.18 bits per heavy atom. The molecule has 1 atom stereocenters. The number of ketones is 2. The van der Waals surface area contributed by atoms with Crippen molar-refractivity contribution in [3.8, 4) is 5.75 Å². The second kappa shape index (κ2) is 5.82. The zero-order valence-corrected chi connectivity index (χ0v) is 10.8. The lowest BCUT2D eigenvalue weighted by Crippen LogP contribution is -2.15. The molecule has 1 unspecified atom stereocenters. The van der Waals surface area contributed by atoms with Gasteiger partial charge >= 0.3 is 0 Å². The molecule has 17 heavy (non-hydrogen) atoms. The molecule has 0 saturated heterocycles. The highest BCUT2D eigenvalue weighted by atomic mass is 35.5. The van der Waals surface area contributed by atoms with Crippen molar-refractivity contribution < 1.29 is 14.3 Å². The molecule has 0 aliphatic rings. The largest absolute Gasteiger partial charge is 0.491 e. The zero-order valence-electron chi connectivity index (χ0n) is 10.1. The molecule has 0 spiro atoms. The van der Waals surface area contributed by atoms with Gasteiger partial charge in [0.1, 0.15) is 11.1 Å². The summed E-state index contributed by atoms with van der Waals surface area (Å²) in [5, 5.41) is -0.916. The minimum Gasteiger partial charge on any atom is -0.491 e. The fourth-order valence-electron chi connectivity index (χ4n) is 1.32. The highest BCUT2D eigenvalue weighted by Gasteiger charge is 2.21. The molecule has 0 bridgehead atoms. The molecule has 1 aromatic rings. The molecule has 0 N–H and O–H groups in total. The normalized spacial score (nSPS) is 12.3. The number of ether oxygens (including phenoxy) is 1. The Bertz CT molecular complexity index is 409. The van der Waals surface area contributed by atoms with Crippen molar-refractivity contribution in [1.82, 2.24) is 0 Å². The van der Waals surface area contributed by atoms with Gasteiger partial charge in [-0.2, -0.15) is 0 Å². The van der Waals surface area contributed by atoms with E-state index in [1.165, 1.54) is 6.92 Å². The number of hydrogen-bond donors (Lipinski definition) is 0. The molecular weight excluding hydrogens is 240 g/mol. The van der Waals surface area contributed by atoms with Crippen LogP contribution in [0.4, 0.5) is 0 Å². The summed E-state index contributed by atoms with van der Waals surface area (Å²) in [6, 6.07) is 6.85. The van der Waals surface area contributed by atoms with Gasteiger partial charge in [-0.25, -0.2) is 0 Å². The lowest BCUT2D eigenvalue weighted by atomic mass is 10.1. The fraction of sp³-hybridized carbons (Fsp3) is 0.385. The van der Waals surface area contributed by atoms with Gasteiger partial charge in [-0.05, 0) is 31.5 Å². The highest BCUT2D eigenvalue weighted by molar-refractivity contribution is 6.48. The maximum Gasteiger partial charge on any atom is 0.220 e. The molecule has 0 radical (unpaired) electrons. The van der Waals surface area contributed by atoms with Gasteiger partial charge in [0.25, 0.3) is 0 Å². The second-order valence-corrected chi connectivity index (χ2v) is 4.46. The van der Waals surface area contributed by atoms with Gasteiger partial charge in [0.05, 0.1) is 6.10 Å². The van der Waals surface area contributed by atoms with Gasteiger partial charge in [0, 0.05) is 6.92 Å². The summed E-state index contributed by atoms with van der Waals surface area (Å²) in [7, 11) is 0. The van der Waals surface area contributed by atoms with Crippen molar-refractivity contribution in [3.05, 3.63) is 29.8 Å². The van der Waals surface area contributed by atoms with Crippen molar-refractivity contribution in [2.75, 3.05) is 0 Å². The third-order valence-corrected chi connectivity index (χ3v) is 2.57. The maximum absolute atomic E-state index is 11.4. The van der Waals surface area contributed by atoms with Gasteiger partial charge in [-0.3, -0.25) is 9.59 Å². The first-order valence-electron chi connectivity index (χ1n) is 5.37.